The van der Waals surface area contributed by atoms with Crippen LogP contribution in [-0.4, -0.2) is 39.8 Å². The van der Waals surface area contributed by atoms with Crippen molar-refractivity contribution in [2.24, 2.45) is 5.73 Å². The van der Waals surface area contributed by atoms with Gasteiger partial charge in [0.15, 0.2) is 6.04 Å². The van der Waals surface area contributed by atoms with Crippen LogP contribution in [0.2, 0.25) is 0 Å². The highest BCUT2D eigenvalue weighted by Gasteiger charge is 2.25. The average Bonchev–Trinajstić information content (AvgIpc) is 2.10. The van der Waals surface area contributed by atoms with E-state index in [1.54, 1.807) is 0 Å². The number of hydrogen-bond acceptors (Lipinski definition) is 4. The topological polar surface area (TPSA) is 104 Å². The first-order valence-corrected chi connectivity index (χ1v) is 4.42. The average molecular weight is 204 g/mol. The van der Waals surface area contributed by atoms with Crippen LogP contribution < -0.4 is 5.73 Å². The first-order chi connectivity index (χ1) is 6.50. The number of aliphatic carboxylic acids is 1. The van der Waals surface area contributed by atoms with Crippen LogP contribution in [0, 0.1) is 0 Å². The summed E-state index contributed by atoms with van der Waals surface area (Å²) in [4.78, 5) is 21.4. The Kier molecular flexibility index (Phi) is 5.82. The summed E-state index contributed by atoms with van der Waals surface area (Å²) in [7, 11) is 0. The Morgan fingerprint density at radius 3 is 2.36 bits per heavy atom. The van der Waals surface area contributed by atoms with Crippen LogP contribution in [0.3, 0.4) is 0 Å². The predicted molar refractivity (Wildman–Crippen MR) is 48.6 cm³/mol. The number of hydrogen-bond donors (Lipinski definition) is 3. The van der Waals surface area contributed by atoms with Gasteiger partial charge in [0, 0.05) is 6.92 Å². The molecule has 1 amide bonds. The van der Waals surface area contributed by atoms with Gasteiger partial charge in [-0.2, -0.15) is 0 Å². The minimum atomic E-state index is -1.21. The molecule has 0 bridgehead atoms. The van der Waals surface area contributed by atoms with Crippen LogP contribution in [-0.2, 0) is 9.59 Å². The Bertz CT molecular complexity index is 208. The predicted octanol–water partition coefficient (Wildman–Crippen LogP) is -0.194. The molecule has 1 unspecified atom stereocenters. The Balaban J connectivity index is 4.15. The third-order valence-electron chi connectivity index (χ3n) is 1.83. The third kappa shape index (κ3) is 4.20. The summed E-state index contributed by atoms with van der Waals surface area (Å²) in [5, 5.41) is 18.1. The molecule has 0 aliphatic heterocycles. The van der Waals surface area contributed by atoms with Crippen LogP contribution >= 0.6 is 0 Å². The lowest BCUT2D eigenvalue weighted by Crippen LogP contribution is -2.41. The van der Waals surface area contributed by atoms with E-state index in [1.165, 1.54) is 0 Å². The molecule has 0 heterocycles. The standard InChI is InChI=1S/C8H16N2O4/c1-6(11)10(14)7(8(12)13)4-2-3-5-9/h7,14H,2-5,9H2,1H3,(H,12,13). The van der Waals surface area contributed by atoms with Crippen molar-refractivity contribution in [3.63, 3.8) is 0 Å². The number of carbonyl (C=O) groups excluding carboxylic acids is 1. The zero-order valence-corrected chi connectivity index (χ0v) is 8.14. The van der Waals surface area contributed by atoms with Gasteiger partial charge in [-0.3, -0.25) is 10.0 Å². The summed E-state index contributed by atoms with van der Waals surface area (Å²) >= 11 is 0. The van der Waals surface area contributed by atoms with Gasteiger partial charge in [0.1, 0.15) is 0 Å². The van der Waals surface area contributed by atoms with Crippen LogP contribution in [0.25, 0.3) is 0 Å². The molecule has 0 rings (SSSR count). The van der Waals surface area contributed by atoms with E-state index in [0.717, 1.165) is 6.92 Å². The van der Waals surface area contributed by atoms with Gasteiger partial charge in [-0.25, -0.2) is 9.86 Å². The molecule has 6 nitrogen and oxygen atoms in total. The number of unbranched alkanes of at least 4 members (excludes halogenated alkanes) is 1. The minimum Gasteiger partial charge on any atom is -0.480 e. The molecule has 0 aromatic heterocycles. The third-order valence-corrected chi connectivity index (χ3v) is 1.83. The number of carbonyl (C=O) groups is 2. The normalized spacial score (nSPS) is 12.2. The van der Waals surface area contributed by atoms with E-state index < -0.39 is 17.9 Å². The fourth-order valence-electron chi connectivity index (χ4n) is 1.05. The molecule has 0 saturated heterocycles. The van der Waals surface area contributed by atoms with Gasteiger partial charge in [-0.1, -0.05) is 0 Å². The number of nitrogens with zero attached hydrogens (tertiary/aromatic N) is 1. The molecule has 1 atom stereocenters. The maximum Gasteiger partial charge on any atom is 0.329 e. The van der Waals surface area contributed by atoms with Gasteiger partial charge in [-0.05, 0) is 25.8 Å². The Labute approximate surface area is 82.3 Å². The van der Waals surface area contributed by atoms with E-state index in [2.05, 4.69) is 0 Å². The van der Waals surface area contributed by atoms with E-state index >= 15 is 0 Å². The monoisotopic (exact) mass is 204 g/mol. The number of carboxylic acids is 1. The van der Waals surface area contributed by atoms with Crippen molar-refractivity contribution in [3.05, 3.63) is 0 Å². The molecule has 0 aliphatic rings. The second-order valence-corrected chi connectivity index (χ2v) is 3.00. The fourth-order valence-corrected chi connectivity index (χ4v) is 1.05. The summed E-state index contributed by atoms with van der Waals surface area (Å²) in [6.07, 6.45) is 1.45. The van der Waals surface area contributed by atoms with Gasteiger partial charge in [0.25, 0.3) is 0 Å². The Morgan fingerprint density at radius 2 is 2.00 bits per heavy atom. The number of carboxylic acid groups (broad SMARTS) is 1. The van der Waals surface area contributed by atoms with E-state index in [1.807, 2.05) is 0 Å². The van der Waals surface area contributed by atoms with Crippen LogP contribution in [0.1, 0.15) is 26.2 Å². The van der Waals surface area contributed by atoms with E-state index in [0.29, 0.717) is 19.4 Å². The van der Waals surface area contributed by atoms with Gasteiger partial charge in [0.2, 0.25) is 5.91 Å². The van der Waals surface area contributed by atoms with Crippen molar-refractivity contribution in [2.45, 2.75) is 32.2 Å². The quantitative estimate of drug-likeness (QED) is 0.316. The minimum absolute atomic E-state index is 0.211. The maximum atomic E-state index is 10.7. The molecule has 0 spiro atoms. The number of hydroxylamine groups is 2. The van der Waals surface area contributed by atoms with Gasteiger partial charge in [0.05, 0.1) is 0 Å². The molecular formula is C8H16N2O4. The lowest BCUT2D eigenvalue weighted by molar-refractivity contribution is -0.184. The SMILES string of the molecule is CC(=O)N(O)C(CCCCN)C(=O)O. The first kappa shape index (κ1) is 12.9. The van der Waals surface area contributed by atoms with E-state index in [4.69, 9.17) is 16.0 Å². The molecule has 14 heavy (non-hydrogen) atoms. The fraction of sp³-hybridized carbons (Fsp3) is 0.750. The smallest absolute Gasteiger partial charge is 0.329 e. The Hall–Kier alpha value is -1.14. The lowest BCUT2D eigenvalue weighted by atomic mass is 10.1. The van der Waals surface area contributed by atoms with Crippen molar-refractivity contribution in [3.8, 4) is 0 Å². The van der Waals surface area contributed by atoms with Crippen LogP contribution in [0.5, 0.6) is 0 Å². The van der Waals surface area contributed by atoms with Crippen molar-refractivity contribution in [1.29, 1.82) is 0 Å². The van der Waals surface area contributed by atoms with E-state index in [9.17, 15) is 9.59 Å². The summed E-state index contributed by atoms with van der Waals surface area (Å²) in [6, 6.07) is -1.17. The molecule has 82 valence electrons. The molecule has 0 saturated carbocycles. The lowest BCUT2D eigenvalue weighted by Gasteiger charge is -2.20. The summed E-state index contributed by atoms with van der Waals surface area (Å²) < 4.78 is 0. The Morgan fingerprint density at radius 1 is 1.43 bits per heavy atom. The molecule has 4 N–H and O–H groups in total. The molecule has 0 aromatic rings. The second kappa shape index (κ2) is 6.33. The molecule has 0 radical (unpaired) electrons. The zero-order chi connectivity index (χ0) is 11.1. The first-order valence-electron chi connectivity index (χ1n) is 4.42. The highest BCUT2D eigenvalue weighted by atomic mass is 16.5. The zero-order valence-electron chi connectivity index (χ0n) is 8.14. The van der Waals surface area contributed by atoms with Crippen molar-refractivity contribution in [2.75, 3.05) is 6.54 Å². The highest BCUT2D eigenvalue weighted by Crippen LogP contribution is 2.07. The molecule has 0 aromatic carbocycles. The number of amides is 1. The highest BCUT2D eigenvalue weighted by molar-refractivity contribution is 5.81. The summed E-state index contributed by atoms with van der Waals surface area (Å²) in [5.74, 6) is -1.88. The molecular weight excluding hydrogens is 188 g/mol. The van der Waals surface area contributed by atoms with Gasteiger partial charge < -0.3 is 10.8 Å². The van der Waals surface area contributed by atoms with Crippen LogP contribution in [0.4, 0.5) is 0 Å². The van der Waals surface area contributed by atoms with Crippen molar-refractivity contribution >= 4 is 11.9 Å². The summed E-state index contributed by atoms with van der Waals surface area (Å²) in [6.45, 7) is 1.58. The van der Waals surface area contributed by atoms with Gasteiger partial charge >= 0.3 is 5.97 Å². The summed E-state index contributed by atoms with van der Waals surface area (Å²) in [5.41, 5.74) is 5.24. The number of rotatable bonds is 6. The number of nitrogens with two attached hydrogens (primary N) is 1. The molecule has 0 aliphatic carbocycles. The maximum absolute atomic E-state index is 10.7. The van der Waals surface area contributed by atoms with Crippen molar-refractivity contribution in [1.82, 2.24) is 5.06 Å². The second-order valence-electron chi connectivity index (χ2n) is 3.00. The van der Waals surface area contributed by atoms with Gasteiger partial charge in [-0.15, -0.1) is 0 Å². The van der Waals surface area contributed by atoms with Crippen molar-refractivity contribution < 1.29 is 19.9 Å². The van der Waals surface area contributed by atoms with Crippen LogP contribution in [0.15, 0.2) is 0 Å². The van der Waals surface area contributed by atoms with E-state index in [-0.39, 0.29) is 11.5 Å². The molecule has 6 heteroatoms. The molecule has 0 fully saturated rings. The largest absolute Gasteiger partial charge is 0.480 e.